The molecule has 2 N–H and O–H groups in total. The van der Waals surface area contributed by atoms with Gasteiger partial charge in [-0.2, -0.15) is 8.61 Å². The van der Waals surface area contributed by atoms with Crippen LogP contribution >= 0.6 is 15.9 Å². The van der Waals surface area contributed by atoms with E-state index in [9.17, 15) is 75.8 Å². The number of pyridine rings is 4. The Morgan fingerprint density at radius 2 is 0.669 bits per heavy atom. The van der Waals surface area contributed by atoms with Crippen LogP contribution in [0.15, 0.2) is 271 Å². The number of aryl methyl sites for hydroxylation is 4. The number of sulfonamides is 3. The number of nitrogens with zero attached hydrogens (tertiary/aromatic N) is 9. The highest BCUT2D eigenvalue weighted by Gasteiger charge is 2.37. The minimum atomic E-state index is -3.87. The Morgan fingerprint density at radius 1 is 0.363 bits per heavy atom. The number of aromatic nitrogens is 8. The summed E-state index contributed by atoms with van der Waals surface area (Å²) in [6.45, 7) is 7.12. The molecule has 3 aliphatic heterocycles. The summed E-state index contributed by atoms with van der Waals surface area (Å²) in [4.78, 5) is 21.4. The highest BCUT2D eigenvalue weighted by Crippen LogP contribution is 2.38. The molecule has 0 saturated carbocycles. The first-order chi connectivity index (χ1) is 58.6. The summed E-state index contributed by atoms with van der Waals surface area (Å²) in [5.41, 5.74) is 9.15. The number of H-pyrrole nitrogens is 1. The molecule has 14 aromatic rings. The molecule has 39 heteroatoms. The molecule has 0 amide bonds. The van der Waals surface area contributed by atoms with Crippen LogP contribution in [0.25, 0.3) is 77.5 Å². The van der Waals surface area contributed by atoms with Crippen molar-refractivity contribution >= 4 is 150 Å². The molecule has 6 aromatic carbocycles. The second-order valence-corrected chi connectivity index (χ2v) is 49.2. The van der Waals surface area contributed by atoms with Crippen molar-refractivity contribution in [2.24, 2.45) is 0 Å². The highest BCUT2D eigenvalue weighted by atomic mass is 79.9. The second-order valence-electron chi connectivity index (χ2n) is 30.3. The van der Waals surface area contributed by atoms with Gasteiger partial charge in [0.05, 0.1) is 63.9 Å². The maximum Gasteiger partial charge on any atom is 0.269 e. The van der Waals surface area contributed by atoms with Crippen molar-refractivity contribution in [3.63, 3.8) is 0 Å². The van der Waals surface area contributed by atoms with Crippen molar-refractivity contribution < 1.29 is 75.8 Å². The Kier molecular flexibility index (Phi) is 25.8. The Bertz CT molecular complexity index is 7500. The van der Waals surface area contributed by atoms with E-state index in [1.54, 1.807) is 179 Å². The fraction of sp³-hybridized carbons (Fsp3) is 0.247. The normalized spacial score (nSPS) is 16.2. The van der Waals surface area contributed by atoms with Crippen molar-refractivity contribution in [3.05, 3.63) is 264 Å². The largest absolute Gasteiger partial charge is 0.344 e. The highest BCUT2D eigenvalue weighted by molar-refractivity contribution is 9.10. The van der Waals surface area contributed by atoms with Gasteiger partial charge in [-0.3, -0.25) is 0 Å². The van der Waals surface area contributed by atoms with E-state index in [-0.39, 0.29) is 113 Å². The van der Waals surface area contributed by atoms with Crippen LogP contribution < -0.4 is 4.72 Å². The number of aromatic amines is 1. The Morgan fingerprint density at radius 3 is 1.03 bits per heavy atom. The van der Waals surface area contributed by atoms with Gasteiger partial charge in [-0.05, 0) is 237 Å². The number of sulfone groups is 3. The molecule has 0 spiro atoms. The van der Waals surface area contributed by atoms with Crippen molar-refractivity contribution in [2.75, 3.05) is 48.6 Å². The van der Waals surface area contributed by atoms with Crippen LogP contribution in [0.5, 0.6) is 0 Å². The molecule has 0 aliphatic carbocycles. The third-order valence-electron chi connectivity index (χ3n) is 22.1. The Hall–Kier alpha value is -10.0. The lowest BCUT2D eigenvalue weighted by atomic mass is 10.0. The first kappa shape index (κ1) is 90.2. The first-order valence-electron chi connectivity index (χ1n) is 38.9. The standard InChI is InChI=1S/C26H27N3O6S3.C25H25N3O6S3.C20H23N3O4S2.C14H11BrN2O2S/c1-19-18-25-24(12-15-27-26(25)29(19)38(34,35)22-6-4-3-5-7-22)20-8-10-23(11-9-20)37(32,33)28(2)21-13-16-36(30,31)17-14-21;1-18-17-24-23(11-14-26-25(24)28(18)37(33,34)22-5-3-2-4-6-22)19-7-9-21(10-8-19)36(31,32)27-20-12-15-35(29,30)16-13-20;1-14-13-19-18(7-10-21-20(19)22-14)15-3-5-17(6-4-15)29(26,27)23(2)16-8-11-28(24,25)12-9-16;1-10-9-12-13(15)7-8-16-14(12)17(10)20(18,19)11-5-3-2-4-6-11/h3-12,15,18,21H,13-14,16-17H2,1-2H3;2-11,14,17,20,27H,12-13,15-16H2,1H3;3-7,10,13,16H,8-9,11-12H2,1-2H3,(H,21,22);2-9H,1H3. The molecule has 650 valence electrons. The fourth-order valence-electron chi connectivity index (χ4n) is 15.4. The molecule has 29 nitrogen and oxygen atoms in total. The van der Waals surface area contributed by atoms with Crippen LogP contribution in [0.1, 0.15) is 61.3 Å². The van der Waals surface area contributed by atoms with E-state index >= 15 is 0 Å². The molecule has 11 heterocycles. The number of nitrogens with one attached hydrogen (secondary N) is 2. The van der Waals surface area contributed by atoms with E-state index in [1.807, 2.05) is 25.1 Å². The quantitative estimate of drug-likeness (QED) is 0.0805. The molecule has 8 aromatic heterocycles. The molecule has 17 rings (SSSR count). The van der Waals surface area contributed by atoms with Crippen LogP contribution in [0.2, 0.25) is 0 Å². The summed E-state index contributed by atoms with van der Waals surface area (Å²) in [5, 5.41) is 3.02. The number of halogens is 1. The van der Waals surface area contributed by atoms with Crippen molar-refractivity contribution in [1.29, 1.82) is 0 Å². The molecule has 124 heavy (non-hydrogen) atoms. The van der Waals surface area contributed by atoms with Gasteiger partial charge in [0.1, 0.15) is 35.2 Å². The van der Waals surface area contributed by atoms with Gasteiger partial charge in [0.15, 0.2) is 16.9 Å². The number of hydrogen-bond acceptors (Lipinski definition) is 22. The Balaban J connectivity index is 0.000000138. The molecule has 3 aliphatic rings. The van der Waals surface area contributed by atoms with E-state index in [0.717, 1.165) is 43.3 Å². The average molecular weight is 1920 g/mol. The van der Waals surface area contributed by atoms with Gasteiger partial charge < -0.3 is 4.98 Å². The van der Waals surface area contributed by atoms with Crippen molar-refractivity contribution in [3.8, 4) is 33.4 Å². The molecular weight excluding hydrogens is 1830 g/mol. The Labute approximate surface area is 729 Å². The van der Waals surface area contributed by atoms with E-state index in [4.69, 9.17) is 0 Å². The van der Waals surface area contributed by atoms with Gasteiger partial charge in [0, 0.05) is 106 Å². The summed E-state index contributed by atoms with van der Waals surface area (Å²) >= 11 is 3.42. The van der Waals surface area contributed by atoms with Crippen LogP contribution in [-0.4, -0.2) is 188 Å². The lowest BCUT2D eigenvalue weighted by molar-refractivity contribution is 0.342. The van der Waals surface area contributed by atoms with Gasteiger partial charge in [-0.15, -0.1) is 0 Å². The predicted octanol–water partition coefficient (Wildman–Crippen LogP) is 12.6. The van der Waals surface area contributed by atoms with E-state index in [2.05, 4.69) is 45.6 Å². The maximum atomic E-state index is 13.4. The third-order valence-corrected chi connectivity index (χ3v) is 38.7. The molecule has 3 fully saturated rings. The summed E-state index contributed by atoms with van der Waals surface area (Å²) in [6.07, 6.45) is 8.07. The lowest BCUT2D eigenvalue weighted by Crippen LogP contribution is -2.42. The zero-order valence-corrected chi connectivity index (χ0v) is 76.6. The van der Waals surface area contributed by atoms with Crippen LogP contribution in [0, 0.1) is 27.7 Å². The van der Waals surface area contributed by atoms with Gasteiger partial charge in [0.25, 0.3) is 30.1 Å². The zero-order valence-electron chi connectivity index (χ0n) is 67.7. The average Bonchev–Trinajstić information content (AvgIpc) is 1.60. The molecular formula is C85H86BrN11O18S9. The minimum absolute atomic E-state index is 0.0203. The predicted molar refractivity (Wildman–Crippen MR) is 481 cm³/mol. The number of hydrogen-bond donors (Lipinski definition) is 2. The molecule has 0 atom stereocenters. The third kappa shape index (κ3) is 18.8. The van der Waals surface area contributed by atoms with Gasteiger partial charge in [-0.25, -0.2) is 112 Å². The van der Waals surface area contributed by atoms with Crippen molar-refractivity contribution in [2.45, 2.75) is 114 Å². The van der Waals surface area contributed by atoms with E-state index in [0.29, 0.717) is 63.0 Å². The lowest BCUT2D eigenvalue weighted by Gasteiger charge is -2.30. The monoisotopic (exact) mass is 1920 g/mol. The fourth-order valence-corrected chi connectivity index (χ4v) is 28.9. The number of rotatable bonds is 18. The smallest absolute Gasteiger partial charge is 0.269 e. The van der Waals surface area contributed by atoms with E-state index < -0.39 is 95.7 Å². The summed E-state index contributed by atoms with van der Waals surface area (Å²) in [7, 11) is -29.0. The molecule has 0 bridgehead atoms. The summed E-state index contributed by atoms with van der Waals surface area (Å²) in [5.74, 6) is -0.0389. The topological polar surface area (TPSA) is 408 Å². The second kappa shape index (κ2) is 35.4. The van der Waals surface area contributed by atoms with E-state index in [1.165, 1.54) is 95.5 Å². The number of benzene rings is 6. The summed E-state index contributed by atoms with van der Waals surface area (Å²) in [6, 6.07) is 57.5. The molecule has 0 unspecified atom stereocenters. The van der Waals surface area contributed by atoms with Gasteiger partial charge in [-0.1, -0.05) is 91.0 Å². The van der Waals surface area contributed by atoms with Crippen LogP contribution in [0.4, 0.5) is 0 Å². The van der Waals surface area contributed by atoms with Crippen molar-refractivity contribution in [1.82, 2.24) is 50.2 Å². The van der Waals surface area contributed by atoms with Gasteiger partial charge >= 0.3 is 0 Å². The molecule has 0 radical (unpaired) electrons. The van der Waals surface area contributed by atoms with Crippen LogP contribution in [0.3, 0.4) is 0 Å². The summed E-state index contributed by atoms with van der Waals surface area (Å²) < 4.78 is 237. The molecule has 3 saturated heterocycles. The van der Waals surface area contributed by atoms with Gasteiger partial charge in [0.2, 0.25) is 30.1 Å². The van der Waals surface area contributed by atoms with Crippen LogP contribution in [-0.2, 0) is 89.7 Å². The SMILES string of the molecule is Cc1cc2c(-c3ccc(S(=O)(=O)N(C)C4CCS(=O)(=O)CC4)cc3)ccnc2[nH]1.Cc1cc2c(-c3ccc(S(=O)(=O)N(C)C4CCS(=O)(=O)CC4)cc3)ccnc2n1S(=O)(=O)c1ccccc1.Cc1cc2c(-c3ccc(S(=O)(=O)NC4CCS(=O)(=O)CC4)cc3)ccnc2n1S(=O)(=O)c1ccccc1.Cc1cc2c(Br)ccnc2n1S(=O)(=O)c1ccccc1. The zero-order chi connectivity index (χ0) is 88.9. The minimum Gasteiger partial charge on any atom is -0.344 e. The number of fused-ring (bicyclic) bond motifs is 4. The first-order valence-corrected chi connectivity index (χ1v) is 53.9. The maximum absolute atomic E-state index is 13.4.